The molecule has 0 unspecified atom stereocenters. The second kappa shape index (κ2) is 9.61. The van der Waals surface area contributed by atoms with E-state index in [1.807, 2.05) is 24.3 Å². The van der Waals surface area contributed by atoms with Crippen molar-refractivity contribution in [3.05, 3.63) is 89.5 Å². The van der Waals surface area contributed by atoms with Gasteiger partial charge < -0.3 is 15.0 Å². The van der Waals surface area contributed by atoms with E-state index in [9.17, 15) is 18.0 Å². The van der Waals surface area contributed by atoms with E-state index in [-0.39, 0.29) is 29.5 Å². The van der Waals surface area contributed by atoms with Gasteiger partial charge in [0.1, 0.15) is 0 Å². The van der Waals surface area contributed by atoms with Gasteiger partial charge in [0, 0.05) is 36.6 Å². The van der Waals surface area contributed by atoms with E-state index in [2.05, 4.69) is 5.32 Å². The van der Waals surface area contributed by atoms with Crippen molar-refractivity contribution in [1.82, 2.24) is 4.31 Å². The highest BCUT2D eigenvalue weighted by atomic mass is 32.2. The van der Waals surface area contributed by atoms with Crippen molar-refractivity contribution >= 4 is 33.2 Å². The molecule has 1 fully saturated rings. The second-order valence-electron chi connectivity index (χ2n) is 8.38. The van der Waals surface area contributed by atoms with Gasteiger partial charge in [-0.05, 0) is 54.4 Å². The van der Waals surface area contributed by atoms with E-state index in [1.54, 1.807) is 41.3 Å². The van der Waals surface area contributed by atoms with Gasteiger partial charge in [-0.1, -0.05) is 30.3 Å². The first-order valence-corrected chi connectivity index (χ1v) is 12.9. The molecule has 9 heteroatoms. The Balaban J connectivity index is 1.32. The average molecular weight is 492 g/mol. The third-order valence-corrected chi connectivity index (χ3v) is 8.20. The summed E-state index contributed by atoms with van der Waals surface area (Å²) in [4.78, 5) is 27.8. The van der Waals surface area contributed by atoms with Crippen LogP contribution in [0.3, 0.4) is 0 Å². The number of carbonyl (C=O) groups is 2. The van der Waals surface area contributed by atoms with E-state index in [0.717, 1.165) is 17.7 Å². The number of carbonyl (C=O) groups excluding carboxylic acids is 2. The average Bonchev–Trinajstić information content (AvgIpc) is 3.33. The molecule has 0 bridgehead atoms. The van der Waals surface area contributed by atoms with E-state index in [0.29, 0.717) is 31.0 Å². The lowest BCUT2D eigenvalue weighted by Crippen LogP contribution is -2.41. The normalized spacial score (nSPS) is 16.1. The minimum atomic E-state index is -3.84. The molecule has 180 valence electrons. The van der Waals surface area contributed by atoms with Crippen molar-refractivity contribution in [2.75, 3.05) is 43.1 Å². The quantitative estimate of drug-likeness (QED) is 0.592. The van der Waals surface area contributed by atoms with Crippen LogP contribution >= 0.6 is 0 Å². The van der Waals surface area contributed by atoms with Crippen molar-refractivity contribution in [3.8, 4) is 0 Å². The lowest BCUT2D eigenvalue weighted by molar-refractivity contribution is 0.0730. The van der Waals surface area contributed by atoms with Crippen molar-refractivity contribution in [1.29, 1.82) is 0 Å². The van der Waals surface area contributed by atoms with Crippen molar-refractivity contribution in [3.63, 3.8) is 0 Å². The van der Waals surface area contributed by atoms with Crippen LogP contribution in [0.15, 0.2) is 77.7 Å². The van der Waals surface area contributed by atoms with Gasteiger partial charge in [-0.2, -0.15) is 4.31 Å². The molecule has 0 aromatic heterocycles. The molecule has 0 aliphatic carbocycles. The van der Waals surface area contributed by atoms with Gasteiger partial charge in [-0.3, -0.25) is 9.59 Å². The molecule has 0 radical (unpaired) electrons. The summed E-state index contributed by atoms with van der Waals surface area (Å²) in [5, 5.41) is 2.75. The van der Waals surface area contributed by atoms with Crippen LogP contribution in [0.1, 0.15) is 26.3 Å². The summed E-state index contributed by atoms with van der Waals surface area (Å²) in [6, 6.07) is 20.6. The Morgan fingerprint density at radius 1 is 0.829 bits per heavy atom. The molecule has 2 aliphatic heterocycles. The SMILES string of the molecule is O=C(Nc1ccc(C(=O)N2CCc3ccccc32)cc1)c1ccccc1S(=O)(=O)N1CCOCC1. The lowest BCUT2D eigenvalue weighted by Gasteiger charge is -2.26. The first-order chi connectivity index (χ1) is 16.9. The fourth-order valence-corrected chi connectivity index (χ4v) is 6.00. The van der Waals surface area contributed by atoms with E-state index >= 15 is 0 Å². The molecule has 2 aliphatic rings. The Hall–Kier alpha value is -3.53. The molecule has 8 nitrogen and oxygen atoms in total. The number of anilines is 2. The standard InChI is InChI=1S/C26H25N3O5S/c30-25(22-6-2-4-8-24(22)35(32,33)28-15-17-34-18-16-28)27-21-11-9-20(10-12-21)26(31)29-14-13-19-5-1-3-7-23(19)29/h1-12H,13-18H2,(H,27,30). The van der Waals surface area contributed by atoms with Crippen LogP contribution in [0.2, 0.25) is 0 Å². The Morgan fingerprint density at radius 3 is 2.29 bits per heavy atom. The number of hydrogen-bond acceptors (Lipinski definition) is 5. The van der Waals surface area contributed by atoms with Gasteiger partial charge >= 0.3 is 0 Å². The molecule has 3 aromatic carbocycles. The third kappa shape index (κ3) is 4.58. The number of para-hydroxylation sites is 1. The molecule has 0 spiro atoms. The molecule has 35 heavy (non-hydrogen) atoms. The largest absolute Gasteiger partial charge is 0.379 e. The van der Waals surface area contributed by atoms with Crippen LogP contribution in [0.5, 0.6) is 0 Å². The van der Waals surface area contributed by atoms with E-state index < -0.39 is 15.9 Å². The van der Waals surface area contributed by atoms with Crippen molar-refractivity contribution < 1.29 is 22.7 Å². The highest BCUT2D eigenvalue weighted by Gasteiger charge is 2.30. The highest BCUT2D eigenvalue weighted by Crippen LogP contribution is 2.29. The van der Waals surface area contributed by atoms with Gasteiger partial charge in [-0.15, -0.1) is 0 Å². The molecular formula is C26H25N3O5S. The summed E-state index contributed by atoms with van der Waals surface area (Å²) < 4.78 is 32.9. The Bertz CT molecular complexity index is 1370. The minimum absolute atomic E-state index is 0.0427. The topological polar surface area (TPSA) is 96.0 Å². The minimum Gasteiger partial charge on any atom is -0.379 e. The van der Waals surface area contributed by atoms with Gasteiger partial charge in [-0.25, -0.2) is 8.42 Å². The summed E-state index contributed by atoms with van der Waals surface area (Å²) in [6.07, 6.45) is 0.822. The number of fused-ring (bicyclic) bond motifs is 1. The number of nitrogens with zero attached hydrogens (tertiary/aromatic N) is 2. The summed E-state index contributed by atoms with van der Waals surface area (Å²) in [5.41, 5.74) is 3.11. The maximum Gasteiger partial charge on any atom is 0.258 e. The summed E-state index contributed by atoms with van der Waals surface area (Å²) in [7, 11) is -3.84. The van der Waals surface area contributed by atoms with Gasteiger partial charge in [0.15, 0.2) is 0 Å². The summed E-state index contributed by atoms with van der Waals surface area (Å²) >= 11 is 0. The van der Waals surface area contributed by atoms with Crippen LogP contribution in [0, 0.1) is 0 Å². The molecule has 0 saturated carbocycles. The number of benzene rings is 3. The van der Waals surface area contributed by atoms with E-state index in [1.165, 1.54) is 16.4 Å². The maximum atomic E-state index is 13.1. The molecule has 1 saturated heterocycles. The first kappa shape index (κ1) is 23.2. The van der Waals surface area contributed by atoms with Crippen LogP contribution in [0.25, 0.3) is 0 Å². The van der Waals surface area contributed by atoms with Gasteiger partial charge in [0.25, 0.3) is 11.8 Å². The molecule has 1 N–H and O–H groups in total. The number of amides is 2. The molecule has 3 aromatic rings. The van der Waals surface area contributed by atoms with Gasteiger partial charge in [0.2, 0.25) is 10.0 Å². The van der Waals surface area contributed by atoms with Gasteiger partial charge in [0.05, 0.1) is 23.7 Å². The maximum absolute atomic E-state index is 13.1. The van der Waals surface area contributed by atoms with Crippen LogP contribution in [-0.4, -0.2) is 57.4 Å². The number of nitrogens with one attached hydrogen (secondary N) is 1. The molecule has 2 amide bonds. The molecular weight excluding hydrogens is 466 g/mol. The molecule has 2 heterocycles. The molecule has 5 rings (SSSR count). The number of rotatable bonds is 5. The Labute approximate surface area is 204 Å². The zero-order valence-corrected chi connectivity index (χ0v) is 19.8. The lowest BCUT2D eigenvalue weighted by atomic mass is 10.1. The van der Waals surface area contributed by atoms with Crippen LogP contribution in [-0.2, 0) is 21.2 Å². The van der Waals surface area contributed by atoms with Crippen molar-refractivity contribution in [2.24, 2.45) is 0 Å². The summed E-state index contributed by atoms with van der Waals surface area (Å²) in [6.45, 7) is 1.76. The highest BCUT2D eigenvalue weighted by molar-refractivity contribution is 7.89. The fourth-order valence-electron chi connectivity index (χ4n) is 4.40. The third-order valence-electron chi connectivity index (χ3n) is 6.24. The molecule has 0 atom stereocenters. The van der Waals surface area contributed by atoms with Crippen LogP contribution in [0.4, 0.5) is 11.4 Å². The fraction of sp³-hybridized carbons (Fsp3) is 0.231. The Kier molecular flexibility index (Phi) is 6.38. The van der Waals surface area contributed by atoms with E-state index in [4.69, 9.17) is 4.74 Å². The number of sulfonamides is 1. The zero-order valence-electron chi connectivity index (χ0n) is 19.0. The number of ether oxygens (including phenoxy) is 1. The first-order valence-electron chi connectivity index (χ1n) is 11.4. The predicted octanol–water partition coefficient (Wildman–Crippen LogP) is 3.16. The van der Waals surface area contributed by atoms with Crippen LogP contribution < -0.4 is 10.2 Å². The number of hydrogen-bond donors (Lipinski definition) is 1. The zero-order chi connectivity index (χ0) is 24.4. The monoisotopic (exact) mass is 491 g/mol. The second-order valence-corrected chi connectivity index (χ2v) is 10.3. The number of morpholine rings is 1. The predicted molar refractivity (Wildman–Crippen MR) is 132 cm³/mol. The van der Waals surface area contributed by atoms with Crippen molar-refractivity contribution in [2.45, 2.75) is 11.3 Å². The Morgan fingerprint density at radius 2 is 1.51 bits per heavy atom. The smallest absolute Gasteiger partial charge is 0.258 e. The summed E-state index contributed by atoms with van der Waals surface area (Å²) in [5.74, 6) is -0.639.